The summed E-state index contributed by atoms with van der Waals surface area (Å²) in [6, 6.07) is 0.606. The smallest absolute Gasteiger partial charge is 0.191 e. The number of nitrogens with zero attached hydrogens (tertiary/aromatic N) is 2. The molecule has 0 amide bonds. The van der Waals surface area contributed by atoms with E-state index >= 15 is 0 Å². The number of nitrogens with one attached hydrogen (secondary N) is 2. The van der Waals surface area contributed by atoms with E-state index < -0.39 is 0 Å². The van der Waals surface area contributed by atoms with E-state index in [9.17, 15) is 0 Å². The van der Waals surface area contributed by atoms with Gasteiger partial charge in [0.15, 0.2) is 5.96 Å². The van der Waals surface area contributed by atoms with Crippen LogP contribution in [0.3, 0.4) is 0 Å². The van der Waals surface area contributed by atoms with Crippen LogP contribution < -0.4 is 10.6 Å². The van der Waals surface area contributed by atoms with Crippen LogP contribution >= 0.6 is 0 Å². The Hall–Kier alpha value is -0.810. The normalized spacial score (nSPS) is 27.6. The fourth-order valence-corrected chi connectivity index (χ4v) is 3.69. The van der Waals surface area contributed by atoms with E-state index in [0.29, 0.717) is 6.04 Å². The third kappa shape index (κ3) is 5.96. The summed E-state index contributed by atoms with van der Waals surface area (Å²) in [7, 11) is 1.85. The van der Waals surface area contributed by atoms with Crippen LogP contribution in [0.5, 0.6) is 0 Å². The number of rotatable bonds is 7. The second-order valence-corrected chi connectivity index (χ2v) is 7.74. The van der Waals surface area contributed by atoms with Crippen molar-refractivity contribution >= 4 is 5.96 Å². The molecule has 2 heterocycles. The molecule has 5 nitrogen and oxygen atoms in total. The zero-order valence-corrected chi connectivity index (χ0v) is 15.5. The maximum atomic E-state index is 5.84. The van der Waals surface area contributed by atoms with Gasteiger partial charge in [-0.15, -0.1) is 0 Å². The molecule has 2 aliphatic rings. The van der Waals surface area contributed by atoms with Gasteiger partial charge in [-0.05, 0) is 58.0 Å². The number of hydrogen-bond donors (Lipinski definition) is 2. The Kier molecular flexibility index (Phi) is 7.15. The zero-order valence-electron chi connectivity index (χ0n) is 15.5. The van der Waals surface area contributed by atoms with Gasteiger partial charge in [0.1, 0.15) is 0 Å². The molecular weight excluding hydrogens is 288 g/mol. The number of likely N-dealkylation sites (tertiary alicyclic amines) is 1. The predicted molar refractivity (Wildman–Crippen MR) is 97.0 cm³/mol. The molecule has 2 atom stereocenters. The average molecular weight is 325 g/mol. The molecule has 2 rings (SSSR count). The molecule has 2 aliphatic heterocycles. The Morgan fingerprint density at radius 3 is 2.52 bits per heavy atom. The van der Waals surface area contributed by atoms with Crippen molar-refractivity contribution in [2.75, 3.05) is 39.8 Å². The monoisotopic (exact) mass is 324 g/mol. The van der Waals surface area contributed by atoms with Crippen molar-refractivity contribution in [1.29, 1.82) is 0 Å². The van der Waals surface area contributed by atoms with Gasteiger partial charge in [0.05, 0.1) is 5.60 Å². The van der Waals surface area contributed by atoms with Gasteiger partial charge < -0.3 is 15.4 Å². The average Bonchev–Trinajstić information content (AvgIpc) is 3.17. The van der Waals surface area contributed by atoms with Gasteiger partial charge in [0.2, 0.25) is 0 Å². The number of ether oxygens (including phenoxy) is 1. The van der Waals surface area contributed by atoms with Crippen molar-refractivity contribution < 1.29 is 4.74 Å². The van der Waals surface area contributed by atoms with E-state index in [0.717, 1.165) is 44.4 Å². The van der Waals surface area contributed by atoms with Crippen LogP contribution in [0.1, 0.15) is 52.9 Å². The van der Waals surface area contributed by atoms with Crippen LogP contribution in [0.15, 0.2) is 4.99 Å². The minimum absolute atomic E-state index is 0.0378. The molecule has 0 aliphatic carbocycles. The van der Waals surface area contributed by atoms with Gasteiger partial charge in [-0.1, -0.05) is 13.8 Å². The van der Waals surface area contributed by atoms with Crippen molar-refractivity contribution in [1.82, 2.24) is 15.5 Å². The molecule has 0 bridgehead atoms. The fraction of sp³-hybridized carbons (Fsp3) is 0.944. The largest absolute Gasteiger partial charge is 0.373 e. The molecule has 0 aromatic carbocycles. The first-order chi connectivity index (χ1) is 11.0. The second-order valence-electron chi connectivity index (χ2n) is 7.74. The summed E-state index contributed by atoms with van der Waals surface area (Å²) in [5, 5.41) is 6.98. The minimum atomic E-state index is -0.0378. The van der Waals surface area contributed by atoms with Gasteiger partial charge in [0.25, 0.3) is 0 Å². The van der Waals surface area contributed by atoms with Gasteiger partial charge >= 0.3 is 0 Å². The molecule has 0 saturated carbocycles. The predicted octanol–water partition coefficient (Wildman–Crippen LogP) is 2.23. The molecule has 0 aromatic rings. The molecule has 2 saturated heterocycles. The molecule has 2 N–H and O–H groups in total. The van der Waals surface area contributed by atoms with Crippen LogP contribution in [-0.4, -0.2) is 62.3 Å². The minimum Gasteiger partial charge on any atom is -0.373 e. The Morgan fingerprint density at radius 1 is 1.22 bits per heavy atom. The third-order valence-electron chi connectivity index (χ3n) is 5.06. The van der Waals surface area contributed by atoms with E-state index in [1.807, 2.05) is 7.05 Å². The van der Waals surface area contributed by atoms with Crippen molar-refractivity contribution in [3.05, 3.63) is 0 Å². The second kappa shape index (κ2) is 8.88. The van der Waals surface area contributed by atoms with Crippen LogP contribution in [0.4, 0.5) is 0 Å². The van der Waals surface area contributed by atoms with Gasteiger partial charge in [-0.2, -0.15) is 0 Å². The maximum Gasteiger partial charge on any atom is 0.191 e. The van der Waals surface area contributed by atoms with Gasteiger partial charge in [-0.3, -0.25) is 9.89 Å². The highest BCUT2D eigenvalue weighted by molar-refractivity contribution is 5.79. The van der Waals surface area contributed by atoms with Crippen LogP contribution in [-0.2, 0) is 4.74 Å². The molecule has 0 aromatic heterocycles. The van der Waals surface area contributed by atoms with Gasteiger partial charge in [0, 0.05) is 32.8 Å². The van der Waals surface area contributed by atoms with Crippen LogP contribution in [0.25, 0.3) is 0 Å². The summed E-state index contributed by atoms with van der Waals surface area (Å²) in [6.07, 6.45) is 6.22. The molecular formula is C18H36N4O. The van der Waals surface area contributed by atoms with Crippen molar-refractivity contribution in [3.8, 4) is 0 Å². The van der Waals surface area contributed by atoms with E-state index in [2.05, 4.69) is 41.3 Å². The highest BCUT2D eigenvalue weighted by Gasteiger charge is 2.30. The lowest BCUT2D eigenvalue weighted by Gasteiger charge is -2.30. The maximum absolute atomic E-state index is 5.84. The Morgan fingerprint density at radius 2 is 1.96 bits per heavy atom. The lowest BCUT2D eigenvalue weighted by Crippen LogP contribution is -2.49. The first-order valence-electron chi connectivity index (χ1n) is 9.35. The zero-order chi connectivity index (χ0) is 16.7. The quantitative estimate of drug-likeness (QED) is 0.557. The highest BCUT2D eigenvalue weighted by Crippen LogP contribution is 2.23. The lowest BCUT2D eigenvalue weighted by molar-refractivity contribution is 0.0242. The summed E-state index contributed by atoms with van der Waals surface area (Å²) in [4.78, 5) is 7.02. The number of aliphatic imine (C=N–C) groups is 1. The SMILES string of the molecule is CN=C(NCC(CC(C)C)N1CCCC1)NCC1(C)CCCO1. The van der Waals surface area contributed by atoms with Gasteiger partial charge in [-0.25, -0.2) is 0 Å². The number of hydrogen-bond acceptors (Lipinski definition) is 3. The van der Waals surface area contributed by atoms with E-state index in [1.54, 1.807) is 0 Å². The summed E-state index contributed by atoms with van der Waals surface area (Å²) in [5.74, 6) is 1.62. The number of guanidine groups is 1. The molecule has 2 fully saturated rings. The standard InChI is InChI=1S/C18H36N4O/c1-15(2)12-16(22-9-5-6-10-22)13-20-17(19-4)21-14-18(3)8-7-11-23-18/h15-16H,5-14H2,1-4H3,(H2,19,20,21). The topological polar surface area (TPSA) is 48.9 Å². The molecule has 5 heteroatoms. The van der Waals surface area contributed by atoms with E-state index in [1.165, 1.54) is 32.4 Å². The molecule has 2 unspecified atom stereocenters. The van der Waals surface area contributed by atoms with Crippen LogP contribution in [0, 0.1) is 5.92 Å². The fourth-order valence-electron chi connectivity index (χ4n) is 3.69. The Bertz CT molecular complexity index is 371. The van der Waals surface area contributed by atoms with Crippen molar-refractivity contribution in [2.45, 2.75) is 64.5 Å². The first kappa shape index (κ1) is 18.5. The highest BCUT2D eigenvalue weighted by atomic mass is 16.5. The molecule has 0 spiro atoms. The molecule has 0 radical (unpaired) electrons. The summed E-state index contributed by atoms with van der Waals surface area (Å²) in [6.45, 7) is 12.0. The first-order valence-corrected chi connectivity index (χ1v) is 9.35. The summed E-state index contributed by atoms with van der Waals surface area (Å²) >= 11 is 0. The Balaban J connectivity index is 1.79. The molecule has 23 heavy (non-hydrogen) atoms. The Labute approximate surface area is 142 Å². The van der Waals surface area contributed by atoms with Crippen molar-refractivity contribution in [3.63, 3.8) is 0 Å². The third-order valence-corrected chi connectivity index (χ3v) is 5.06. The van der Waals surface area contributed by atoms with Crippen LogP contribution in [0.2, 0.25) is 0 Å². The summed E-state index contributed by atoms with van der Waals surface area (Å²) in [5.41, 5.74) is -0.0378. The summed E-state index contributed by atoms with van der Waals surface area (Å²) < 4.78 is 5.84. The molecule has 134 valence electrons. The van der Waals surface area contributed by atoms with Crippen molar-refractivity contribution in [2.24, 2.45) is 10.9 Å². The van der Waals surface area contributed by atoms with E-state index in [4.69, 9.17) is 4.74 Å². The lowest BCUT2D eigenvalue weighted by atomic mass is 10.0. The van der Waals surface area contributed by atoms with E-state index in [-0.39, 0.29) is 5.60 Å².